The van der Waals surface area contributed by atoms with E-state index < -0.39 is 0 Å². The van der Waals surface area contributed by atoms with Crippen molar-refractivity contribution in [3.63, 3.8) is 0 Å². The van der Waals surface area contributed by atoms with Gasteiger partial charge in [0.1, 0.15) is 0 Å². The van der Waals surface area contributed by atoms with E-state index in [9.17, 15) is 0 Å². The maximum absolute atomic E-state index is 5.47. The van der Waals surface area contributed by atoms with Crippen molar-refractivity contribution in [2.24, 2.45) is 5.73 Å². The molecule has 0 bridgehead atoms. The topological polar surface area (TPSA) is 95.7 Å². The molecule has 0 saturated heterocycles. The van der Waals surface area contributed by atoms with Crippen LogP contribution in [0.4, 0.5) is 0 Å². The predicted octanol–water partition coefficient (Wildman–Crippen LogP) is 1.52. The molecule has 0 aliphatic carbocycles. The molecule has 7 heteroatoms. The Kier molecular flexibility index (Phi) is 3.74. The average Bonchev–Trinajstić information content (AvgIpc) is 3.16. The molecule has 0 saturated carbocycles. The van der Waals surface area contributed by atoms with Crippen LogP contribution in [-0.4, -0.2) is 31.7 Å². The molecule has 0 spiro atoms. The monoisotopic (exact) mass is 284 g/mol. The number of hydrogen-bond acceptors (Lipinski definition) is 6. The molecule has 0 fully saturated rings. The zero-order chi connectivity index (χ0) is 14.7. The van der Waals surface area contributed by atoms with Crippen molar-refractivity contribution < 1.29 is 4.52 Å². The van der Waals surface area contributed by atoms with Gasteiger partial charge in [0.05, 0.1) is 12.7 Å². The van der Waals surface area contributed by atoms with E-state index in [0.29, 0.717) is 30.5 Å². The van der Waals surface area contributed by atoms with Crippen LogP contribution in [0.5, 0.6) is 0 Å². The van der Waals surface area contributed by atoms with Gasteiger partial charge in [0.25, 0.3) is 5.89 Å². The maximum atomic E-state index is 5.47. The van der Waals surface area contributed by atoms with Gasteiger partial charge in [0, 0.05) is 12.1 Å². The molecular formula is C14H16N6O. The van der Waals surface area contributed by atoms with Crippen molar-refractivity contribution in [3.05, 3.63) is 36.0 Å². The summed E-state index contributed by atoms with van der Waals surface area (Å²) in [7, 11) is 0. The molecule has 3 rings (SSSR count). The fourth-order valence-corrected chi connectivity index (χ4v) is 1.97. The zero-order valence-corrected chi connectivity index (χ0v) is 11.7. The molecule has 2 aromatic heterocycles. The Balaban J connectivity index is 1.84. The molecular weight excluding hydrogens is 268 g/mol. The van der Waals surface area contributed by atoms with Crippen molar-refractivity contribution in [2.45, 2.75) is 19.9 Å². The SMILES string of the molecule is CCc1ccc(-c2noc(-c3cn(CCN)nn3)n2)cc1. The Morgan fingerprint density at radius 1 is 1.24 bits per heavy atom. The molecule has 3 aromatic rings. The fraction of sp³-hybridized carbons (Fsp3) is 0.286. The summed E-state index contributed by atoms with van der Waals surface area (Å²) in [6.45, 7) is 3.22. The molecule has 2 N–H and O–H groups in total. The maximum Gasteiger partial charge on any atom is 0.280 e. The van der Waals surface area contributed by atoms with Gasteiger partial charge >= 0.3 is 0 Å². The molecule has 0 amide bonds. The lowest BCUT2D eigenvalue weighted by atomic mass is 10.1. The lowest BCUT2D eigenvalue weighted by molar-refractivity contribution is 0.431. The van der Waals surface area contributed by atoms with E-state index in [-0.39, 0.29) is 0 Å². The number of nitrogens with zero attached hydrogens (tertiary/aromatic N) is 5. The normalized spacial score (nSPS) is 11.0. The lowest BCUT2D eigenvalue weighted by Gasteiger charge is -1.97. The third kappa shape index (κ3) is 2.82. The minimum absolute atomic E-state index is 0.354. The molecule has 108 valence electrons. The van der Waals surface area contributed by atoms with Crippen LogP contribution in [0.2, 0.25) is 0 Å². The first-order valence-corrected chi connectivity index (χ1v) is 6.83. The van der Waals surface area contributed by atoms with E-state index >= 15 is 0 Å². The molecule has 2 heterocycles. The van der Waals surface area contributed by atoms with Crippen LogP contribution in [0.3, 0.4) is 0 Å². The largest absolute Gasteiger partial charge is 0.332 e. The first kappa shape index (κ1) is 13.4. The van der Waals surface area contributed by atoms with E-state index in [1.165, 1.54) is 5.56 Å². The number of hydrogen-bond donors (Lipinski definition) is 1. The third-order valence-electron chi connectivity index (χ3n) is 3.16. The second-order valence-corrected chi connectivity index (χ2v) is 4.63. The second-order valence-electron chi connectivity index (χ2n) is 4.63. The highest BCUT2D eigenvalue weighted by Crippen LogP contribution is 2.21. The highest BCUT2D eigenvalue weighted by atomic mass is 16.5. The second kappa shape index (κ2) is 5.84. The number of aromatic nitrogens is 5. The van der Waals surface area contributed by atoms with E-state index in [1.54, 1.807) is 10.9 Å². The van der Waals surface area contributed by atoms with Gasteiger partial charge in [0.2, 0.25) is 5.82 Å². The smallest absolute Gasteiger partial charge is 0.280 e. The zero-order valence-electron chi connectivity index (χ0n) is 11.7. The van der Waals surface area contributed by atoms with Crippen LogP contribution < -0.4 is 5.73 Å². The molecule has 0 unspecified atom stereocenters. The summed E-state index contributed by atoms with van der Waals surface area (Å²) in [5.41, 5.74) is 8.20. The Bertz CT molecular complexity index is 715. The van der Waals surface area contributed by atoms with Gasteiger partial charge in [-0.15, -0.1) is 5.10 Å². The summed E-state index contributed by atoms with van der Waals surface area (Å²) in [5.74, 6) is 0.897. The van der Waals surface area contributed by atoms with Crippen molar-refractivity contribution in [2.75, 3.05) is 6.54 Å². The van der Waals surface area contributed by atoms with E-state index in [1.807, 2.05) is 12.1 Å². The molecule has 0 aliphatic rings. The average molecular weight is 284 g/mol. The summed E-state index contributed by atoms with van der Waals surface area (Å²) in [6, 6.07) is 8.09. The van der Waals surface area contributed by atoms with Crippen LogP contribution in [0.15, 0.2) is 35.0 Å². The summed E-state index contributed by atoms with van der Waals surface area (Å²) in [4.78, 5) is 4.35. The van der Waals surface area contributed by atoms with E-state index in [2.05, 4.69) is 39.5 Å². The first-order valence-electron chi connectivity index (χ1n) is 6.83. The molecule has 7 nitrogen and oxygen atoms in total. The van der Waals surface area contributed by atoms with Gasteiger partial charge in [0.15, 0.2) is 5.69 Å². The van der Waals surface area contributed by atoms with Gasteiger partial charge < -0.3 is 10.3 Å². The number of aryl methyl sites for hydroxylation is 1. The number of nitrogens with two attached hydrogens (primary N) is 1. The summed E-state index contributed by atoms with van der Waals surface area (Å²) < 4.78 is 6.89. The van der Waals surface area contributed by atoms with Gasteiger partial charge in [-0.25, -0.2) is 0 Å². The first-order chi connectivity index (χ1) is 10.3. The van der Waals surface area contributed by atoms with Gasteiger partial charge in [-0.2, -0.15) is 4.98 Å². The van der Waals surface area contributed by atoms with Gasteiger partial charge in [-0.05, 0) is 12.0 Å². The van der Waals surface area contributed by atoms with Crippen LogP contribution in [0.25, 0.3) is 23.0 Å². The highest BCUT2D eigenvalue weighted by molar-refractivity contribution is 5.57. The minimum atomic E-state index is 0.354. The van der Waals surface area contributed by atoms with Crippen molar-refractivity contribution in [3.8, 4) is 23.0 Å². The third-order valence-corrected chi connectivity index (χ3v) is 3.16. The summed E-state index contributed by atoms with van der Waals surface area (Å²) in [5, 5.41) is 11.9. The summed E-state index contributed by atoms with van der Waals surface area (Å²) >= 11 is 0. The number of benzene rings is 1. The molecule has 0 aliphatic heterocycles. The summed E-state index contributed by atoms with van der Waals surface area (Å²) in [6.07, 6.45) is 2.74. The van der Waals surface area contributed by atoms with E-state index in [4.69, 9.17) is 10.3 Å². The van der Waals surface area contributed by atoms with Crippen molar-refractivity contribution in [1.82, 2.24) is 25.1 Å². The molecule has 21 heavy (non-hydrogen) atoms. The standard InChI is InChI=1S/C14H16N6O/c1-2-10-3-5-11(6-4-10)13-16-14(21-18-13)12-9-20(8-7-15)19-17-12/h3-6,9H,2,7-8,15H2,1H3. The Hall–Kier alpha value is -2.54. The Morgan fingerprint density at radius 2 is 2.05 bits per heavy atom. The predicted molar refractivity (Wildman–Crippen MR) is 77.2 cm³/mol. The quantitative estimate of drug-likeness (QED) is 0.763. The van der Waals surface area contributed by atoms with Gasteiger partial charge in [-0.3, -0.25) is 4.68 Å². The van der Waals surface area contributed by atoms with Crippen LogP contribution in [0, 0.1) is 0 Å². The molecule has 0 radical (unpaired) electrons. The minimum Gasteiger partial charge on any atom is -0.332 e. The number of rotatable bonds is 5. The lowest BCUT2D eigenvalue weighted by Crippen LogP contribution is -2.10. The fourth-order valence-electron chi connectivity index (χ4n) is 1.97. The molecule has 0 atom stereocenters. The van der Waals surface area contributed by atoms with Gasteiger partial charge in [-0.1, -0.05) is 41.6 Å². The van der Waals surface area contributed by atoms with E-state index in [0.717, 1.165) is 12.0 Å². The van der Waals surface area contributed by atoms with Crippen molar-refractivity contribution >= 4 is 0 Å². The highest BCUT2D eigenvalue weighted by Gasteiger charge is 2.13. The Morgan fingerprint density at radius 3 is 2.76 bits per heavy atom. The molecule has 1 aromatic carbocycles. The van der Waals surface area contributed by atoms with Crippen LogP contribution in [0.1, 0.15) is 12.5 Å². The van der Waals surface area contributed by atoms with Crippen molar-refractivity contribution in [1.29, 1.82) is 0 Å². The van der Waals surface area contributed by atoms with Crippen LogP contribution >= 0.6 is 0 Å². The van der Waals surface area contributed by atoms with Crippen LogP contribution in [-0.2, 0) is 13.0 Å². The Labute approximate surface area is 121 Å².